The van der Waals surface area contributed by atoms with E-state index in [0.717, 1.165) is 27.8 Å². The molecule has 1 aromatic rings. The van der Waals surface area contributed by atoms with E-state index in [4.69, 9.17) is 10.5 Å². The number of hydrogen-bond donors (Lipinski definition) is 2. The fourth-order valence-electron chi connectivity index (χ4n) is 1.41. The van der Waals surface area contributed by atoms with E-state index in [1.165, 1.54) is 0 Å². The molecule has 0 aliphatic rings. The number of aliphatic hydroxyl groups excluding tert-OH is 1. The van der Waals surface area contributed by atoms with Gasteiger partial charge in [-0.2, -0.15) is 0 Å². The molecule has 0 saturated heterocycles. The van der Waals surface area contributed by atoms with Gasteiger partial charge in [-0.25, -0.2) is 0 Å². The van der Waals surface area contributed by atoms with Crippen molar-refractivity contribution in [1.82, 2.24) is 0 Å². The van der Waals surface area contributed by atoms with Crippen molar-refractivity contribution in [2.75, 3.05) is 13.7 Å². The fraction of sp³-hybridized carbons (Fsp3) is 0.400. The molecule has 78 valence electrons. The van der Waals surface area contributed by atoms with Gasteiger partial charge in [-0.3, -0.25) is 0 Å². The van der Waals surface area contributed by atoms with E-state index in [1.54, 1.807) is 7.11 Å². The van der Waals surface area contributed by atoms with Crippen molar-refractivity contribution in [2.45, 2.75) is 13.0 Å². The molecule has 0 saturated carbocycles. The maximum absolute atomic E-state index is 9.18. The van der Waals surface area contributed by atoms with Crippen molar-refractivity contribution >= 4 is 15.9 Å². The highest BCUT2D eigenvalue weighted by Crippen LogP contribution is 2.30. The van der Waals surface area contributed by atoms with Crippen LogP contribution in [0.25, 0.3) is 0 Å². The van der Waals surface area contributed by atoms with Crippen LogP contribution in [0.15, 0.2) is 16.6 Å². The fourth-order valence-corrected chi connectivity index (χ4v) is 1.84. The summed E-state index contributed by atoms with van der Waals surface area (Å²) in [5.41, 5.74) is 7.29. The summed E-state index contributed by atoms with van der Waals surface area (Å²) < 4.78 is 6.11. The van der Waals surface area contributed by atoms with Crippen molar-refractivity contribution < 1.29 is 9.84 Å². The van der Waals surface area contributed by atoms with Crippen LogP contribution in [0, 0.1) is 0 Å². The summed E-state index contributed by atoms with van der Waals surface area (Å²) in [4.78, 5) is 0. The number of aliphatic hydroxyl groups is 1. The molecule has 0 atom stereocenters. The maximum atomic E-state index is 9.18. The lowest BCUT2D eigenvalue weighted by atomic mass is 10.1. The molecule has 1 aromatic carbocycles. The summed E-state index contributed by atoms with van der Waals surface area (Å²) in [6, 6.07) is 3.86. The Morgan fingerprint density at radius 3 is 2.71 bits per heavy atom. The zero-order valence-electron chi connectivity index (χ0n) is 8.09. The quantitative estimate of drug-likeness (QED) is 0.861. The molecule has 0 aliphatic heterocycles. The van der Waals surface area contributed by atoms with Gasteiger partial charge in [-0.05, 0) is 24.6 Å². The highest BCUT2D eigenvalue weighted by Gasteiger charge is 2.11. The monoisotopic (exact) mass is 259 g/mol. The minimum absolute atomic E-state index is 0.0395. The summed E-state index contributed by atoms with van der Waals surface area (Å²) in [7, 11) is 1.60. The Labute approximate surface area is 92.0 Å². The van der Waals surface area contributed by atoms with Crippen LogP contribution < -0.4 is 10.5 Å². The topological polar surface area (TPSA) is 55.5 Å². The Morgan fingerprint density at radius 1 is 1.50 bits per heavy atom. The van der Waals surface area contributed by atoms with Gasteiger partial charge in [0.15, 0.2) is 0 Å². The largest absolute Gasteiger partial charge is 0.496 e. The molecule has 0 spiro atoms. The van der Waals surface area contributed by atoms with Crippen LogP contribution in [-0.4, -0.2) is 18.8 Å². The van der Waals surface area contributed by atoms with E-state index in [0.29, 0.717) is 6.54 Å². The van der Waals surface area contributed by atoms with Gasteiger partial charge in [0.2, 0.25) is 0 Å². The van der Waals surface area contributed by atoms with Crippen LogP contribution >= 0.6 is 15.9 Å². The van der Waals surface area contributed by atoms with Crippen molar-refractivity contribution in [2.24, 2.45) is 5.73 Å². The molecule has 4 heteroatoms. The Kier molecular flexibility index (Phi) is 4.38. The minimum Gasteiger partial charge on any atom is -0.496 e. The van der Waals surface area contributed by atoms with Gasteiger partial charge < -0.3 is 15.6 Å². The number of rotatable bonds is 4. The molecule has 0 heterocycles. The molecule has 3 nitrogen and oxygen atoms in total. The number of halogens is 1. The highest BCUT2D eigenvalue weighted by molar-refractivity contribution is 9.10. The van der Waals surface area contributed by atoms with Crippen molar-refractivity contribution in [3.63, 3.8) is 0 Å². The Balaban J connectivity index is 3.18. The van der Waals surface area contributed by atoms with Gasteiger partial charge in [-0.15, -0.1) is 0 Å². The number of methoxy groups -OCH3 is 1. The molecule has 0 aromatic heterocycles. The number of nitrogens with two attached hydrogens (primary N) is 1. The first-order chi connectivity index (χ1) is 6.74. The van der Waals surface area contributed by atoms with Crippen LogP contribution in [0.1, 0.15) is 11.1 Å². The van der Waals surface area contributed by atoms with Crippen molar-refractivity contribution in [3.8, 4) is 5.75 Å². The van der Waals surface area contributed by atoms with Crippen LogP contribution in [0.2, 0.25) is 0 Å². The molecular weight excluding hydrogens is 246 g/mol. The van der Waals surface area contributed by atoms with Gasteiger partial charge in [0.25, 0.3) is 0 Å². The second-order valence-electron chi connectivity index (χ2n) is 2.92. The van der Waals surface area contributed by atoms with E-state index < -0.39 is 0 Å². The Hall–Kier alpha value is -0.580. The van der Waals surface area contributed by atoms with Gasteiger partial charge >= 0.3 is 0 Å². The lowest BCUT2D eigenvalue weighted by Crippen LogP contribution is -2.06. The van der Waals surface area contributed by atoms with Crippen LogP contribution in [0.5, 0.6) is 5.75 Å². The highest BCUT2D eigenvalue weighted by atomic mass is 79.9. The predicted octanol–water partition coefficient (Wildman–Crippen LogP) is 1.45. The van der Waals surface area contributed by atoms with E-state index in [-0.39, 0.29) is 6.61 Å². The lowest BCUT2D eigenvalue weighted by molar-refractivity contribution is 0.272. The number of hydrogen-bond acceptors (Lipinski definition) is 3. The smallest absolute Gasteiger partial charge is 0.128 e. The Bertz CT molecular complexity index is 315. The number of benzene rings is 1. The Morgan fingerprint density at radius 2 is 2.21 bits per heavy atom. The van der Waals surface area contributed by atoms with Gasteiger partial charge in [0.05, 0.1) is 13.7 Å². The first-order valence-electron chi connectivity index (χ1n) is 4.39. The number of ether oxygens (including phenoxy) is 1. The maximum Gasteiger partial charge on any atom is 0.128 e. The standard InChI is InChI=1S/C10H14BrNO2/c1-14-10-7(4-5-12)2-3-9(11)8(10)6-13/h2-3,13H,4-6,12H2,1H3. The third kappa shape index (κ3) is 2.26. The molecule has 0 amide bonds. The zero-order valence-corrected chi connectivity index (χ0v) is 9.67. The second kappa shape index (κ2) is 5.34. The van der Waals surface area contributed by atoms with Gasteiger partial charge in [0.1, 0.15) is 5.75 Å². The van der Waals surface area contributed by atoms with E-state index in [9.17, 15) is 5.11 Å². The third-order valence-electron chi connectivity index (χ3n) is 2.06. The summed E-state index contributed by atoms with van der Waals surface area (Å²) in [5.74, 6) is 0.729. The normalized spacial score (nSPS) is 10.3. The lowest BCUT2D eigenvalue weighted by Gasteiger charge is -2.13. The van der Waals surface area contributed by atoms with Crippen LogP contribution in [-0.2, 0) is 13.0 Å². The molecule has 0 bridgehead atoms. The molecule has 14 heavy (non-hydrogen) atoms. The summed E-state index contributed by atoms with van der Waals surface area (Å²) >= 11 is 3.36. The third-order valence-corrected chi connectivity index (χ3v) is 2.80. The van der Waals surface area contributed by atoms with Crippen LogP contribution in [0.3, 0.4) is 0 Å². The summed E-state index contributed by atoms with van der Waals surface area (Å²) in [6.45, 7) is 0.533. The average Bonchev–Trinajstić information content (AvgIpc) is 2.20. The first kappa shape index (κ1) is 11.5. The molecule has 3 N–H and O–H groups in total. The zero-order chi connectivity index (χ0) is 10.6. The van der Waals surface area contributed by atoms with Crippen LogP contribution in [0.4, 0.5) is 0 Å². The summed E-state index contributed by atoms with van der Waals surface area (Å²) in [6.07, 6.45) is 0.753. The molecule has 0 unspecified atom stereocenters. The van der Waals surface area contributed by atoms with E-state index in [2.05, 4.69) is 15.9 Å². The van der Waals surface area contributed by atoms with Crippen molar-refractivity contribution in [1.29, 1.82) is 0 Å². The predicted molar refractivity (Wildman–Crippen MR) is 59.4 cm³/mol. The van der Waals surface area contributed by atoms with Gasteiger partial charge in [0, 0.05) is 10.0 Å². The minimum atomic E-state index is -0.0395. The summed E-state index contributed by atoms with van der Waals surface area (Å²) in [5, 5.41) is 9.18. The molecule has 1 rings (SSSR count). The van der Waals surface area contributed by atoms with Gasteiger partial charge in [-0.1, -0.05) is 22.0 Å². The molecule has 0 fully saturated rings. The van der Waals surface area contributed by atoms with E-state index >= 15 is 0 Å². The first-order valence-corrected chi connectivity index (χ1v) is 5.19. The van der Waals surface area contributed by atoms with E-state index in [1.807, 2.05) is 12.1 Å². The second-order valence-corrected chi connectivity index (χ2v) is 3.77. The van der Waals surface area contributed by atoms with Crippen molar-refractivity contribution in [3.05, 3.63) is 27.7 Å². The SMILES string of the molecule is COc1c(CCN)ccc(Br)c1CO. The molecule has 0 radical (unpaired) electrons. The average molecular weight is 260 g/mol. The molecular formula is C10H14BrNO2. The molecule has 0 aliphatic carbocycles.